The fourth-order valence-corrected chi connectivity index (χ4v) is 1.51. The first-order chi connectivity index (χ1) is 7.70. The van der Waals surface area contributed by atoms with Crippen molar-refractivity contribution in [3.8, 4) is 12.3 Å². The number of hydrogen-bond acceptors (Lipinski definition) is 1. The maximum Gasteiger partial charge on any atom is 0.142 e. The number of hydrogen-bond donors (Lipinski definition) is 0. The van der Waals surface area contributed by atoms with E-state index in [2.05, 4.69) is 11.0 Å². The van der Waals surface area contributed by atoms with Crippen LogP contribution in [-0.4, -0.2) is 9.78 Å². The molecule has 4 heteroatoms. The third-order valence-corrected chi connectivity index (χ3v) is 2.49. The van der Waals surface area contributed by atoms with Crippen LogP contribution < -0.4 is 0 Å². The summed E-state index contributed by atoms with van der Waals surface area (Å²) in [6, 6.07) is 6.37. The highest BCUT2D eigenvalue weighted by molar-refractivity contribution is 6.30. The van der Waals surface area contributed by atoms with Gasteiger partial charge in [-0.3, -0.25) is 4.68 Å². The van der Waals surface area contributed by atoms with Gasteiger partial charge in [-0.2, -0.15) is 5.10 Å². The van der Waals surface area contributed by atoms with Crippen LogP contribution in [0.3, 0.4) is 0 Å². The topological polar surface area (TPSA) is 17.8 Å². The Morgan fingerprint density at radius 2 is 2.25 bits per heavy atom. The van der Waals surface area contributed by atoms with E-state index in [4.69, 9.17) is 18.0 Å². The van der Waals surface area contributed by atoms with Gasteiger partial charge in [-0.1, -0.05) is 23.6 Å². The minimum absolute atomic E-state index is 0.112. The van der Waals surface area contributed by atoms with Gasteiger partial charge in [0, 0.05) is 0 Å². The highest BCUT2D eigenvalue weighted by atomic mass is 35.5. The van der Waals surface area contributed by atoms with Gasteiger partial charge in [0.25, 0.3) is 0 Å². The molecule has 1 heterocycles. The van der Waals surface area contributed by atoms with Crippen LogP contribution >= 0.6 is 11.6 Å². The van der Waals surface area contributed by atoms with Gasteiger partial charge in [0.05, 0.1) is 17.8 Å². The lowest BCUT2D eigenvalue weighted by molar-refractivity contribution is 0.619. The van der Waals surface area contributed by atoms with Crippen LogP contribution in [0.5, 0.6) is 0 Å². The molecule has 1 aromatic carbocycles. The lowest BCUT2D eigenvalue weighted by Crippen LogP contribution is -2.04. The fourth-order valence-electron chi connectivity index (χ4n) is 1.39. The molecule has 0 saturated carbocycles. The molecule has 0 radical (unpaired) electrons. The number of halogens is 2. The number of rotatable bonds is 2. The van der Waals surface area contributed by atoms with E-state index in [1.54, 1.807) is 23.0 Å². The Kier molecular flexibility index (Phi) is 2.93. The van der Waals surface area contributed by atoms with Crippen LogP contribution in [0.25, 0.3) is 0 Å². The Morgan fingerprint density at radius 3 is 2.94 bits per heavy atom. The van der Waals surface area contributed by atoms with Gasteiger partial charge in [0.2, 0.25) is 0 Å². The summed E-state index contributed by atoms with van der Waals surface area (Å²) in [5.41, 5.74) is 1.43. The van der Waals surface area contributed by atoms with Gasteiger partial charge >= 0.3 is 0 Å². The maximum absolute atomic E-state index is 13.2. The maximum atomic E-state index is 13.2. The molecule has 0 saturated heterocycles. The molecule has 2 rings (SSSR count). The number of terminal acetylenes is 1. The van der Waals surface area contributed by atoms with E-state index in [1.807, 2.05) is 0 Å². The molecule has 80 valence electrons. The van der Waals surface area contributed by atoms with Gasteiger partial charge in [-0.25, -0.2) is 4.39 Å². The summed E-state index contributed by atoms with van der Waals surface area (Å²) in [5.74, 6) is 2.07. The first-order valence-corrected chi connectivity index (χ1v) is 5.01. The highest BCUT2D eigenvalue weighted by Crippen LogP contribution is 2.16. The average Bonchev–Trinajstić information content (AvgIpc) is 2.71. The van der Waals surface area contributed by atoms with Crippen molar-refractivity contribution in [3.05, 3.63) is 52.6 Å². The van der Waals surface area contributed by atoms with Gasteiger partial charge < -0.3 is 0 Å². The standard InChI is InChI=1S/C12H8ClFN2/c1-2-10-5-6-15-16(10)8-9-3-4-11(13)12(14)7-9/h1,3-7H,8H2. The first-order valence-electron chi connectivity index (χ1n) is 4.63. The zero-order chi connectivity index (χ0) is 11.5. The smallest absolute Gasteiger partial charge is 0.142 e. The lowest BCUT2D eigenvalue weighted by atomic mass is 10.2. The Balaban J connectivity index is 2.28. The molecule has 0 atom stereocenters. The van der Waals surface area contributed by atoms with E-state index in [-0.39, 0.29) is 5.02 Å². The highest BCUT2D eigenvalue weighted by Gasteiger charge is 2.04. The third-order valence-electron chi connectivity index (χ3n) is 2.18. The number of aromatic nitrogens is 2. The zero-order valence-corrected chi connectivity index (χ0v) is 9.08. The van der Waals surface area contributed by atoms with Crippen LogP contribution in [0.2, 0.25) is 5.02 Å². The van der Waals surface area contributed by atoms with E-state index in [0.29, 0.717) is 12.2 Å². The molecule has 0 spiro atoms. The largest absolute Gasteiger partial charge is 0.253 e. The summed E-state index contributed by atoms with van der Waals surface area (Å²) in [4.78, 5) is 0. The quantitative estimate of drug-likeness (QED) is 0.731. The molecule has 0 fully saturated rings. The molecular formula is C12H8ClFN2. The van der Waals surface area contributed by atoms with Crippen LogP contribution in [0, 0.1) is 18.2 Å². The fraction of sp³-hybridized carbons (Fsp3) is 0.0833. The minimum Gasteiger partial charge on any atom is -0.253 e. The molecule has 0 aliphatic rings. The Hall–Kier alpha value is -1.79. The van der Waals surface area contributed by atoms with Gasteiger partial charge in [-0.15, -0.1) is 6.42 Å². The van der Waals surface area contributed by atoms with Crippen molar-refractivity contribution in [3.63, 3.8) is 0 Å². The van der Waals surface area contributed by atoms with Crippen molar-refractivity contribution in [2.45, 2.75) is 6.54 Å². The van der Waals surface area contributed by atoms with Crippen LogP contribution in [-0.2, 0) is 6.54 Å². The van der Waals surface area contributed by atoms with Gasteiger partial charge in [-0.05, 0) is 23.8 Å². The minimum atomic E-state index is -0.436. The van der Waals surface area contributed by atoms with Crippen molar-refractivity contribution >= 4 is 11.6 Å². The van der Waals surface area contributed by atoms with Crippen LogP contribution in [0.1, 0.15) is 11.3 Å². The summed E-state index contributed by atoms with van der Waals surface area (Å²) in [5, 5.41) is 4.17. The summed E-state index contributed by atoms with van der Waals surface area (Å²) in [6.07, 6.45) is 6.91. The van der Waals surface area contributed by atoms with Gasteiger partial charge in [0.15, 0.2) is 0 Å². The van der Waals surface area contributed by atoms with E-state index >= 15 is 0 Å². The van der Waals surface area contributed by atoms with Crippen molar-refractivity contribution in [2.24, 2.45) is 0 Å². The molecule has 0 bridgehead atoms. The van der Waals surface area contributed by atoms with E-state index in [1.165, 1.54) is 12.1 Å². The Morgan fingerprint density at radius 1 is 1.44 bits per heavy atom. The molecule has 0 aliphatic carbocycles. The molecule has 16 heavy (non-hydrogen) atoms. The van der Waals surface area contributed by atoms with Crippen molar-refractivity contribution in [1.29, 1.82) is 0 Å². The molecule has 1 aromatic heterocycles. The Labute approximate surface area is 97.7 Å². The summed E-state index contributed by atoms with van der Waals surface area (Å²) in [6.45, 7) is 0.431. The zero-order valence-electron chi connectivity index (χ0n) is 8.32. The molecule has 0 amide bonds. The Bertz CT molecular complexity index is 554. The monoisotopic (exact) mass is 234 g/mol. The second-order valence-electron chi connectivity index (χ2n) is 3.27. The van der Waals surface area contributed by atoms with Crippen LogP contribution in [0.4, 0.5) is 4.39 Å². The molecule has 0 unspecified atom stereocenters. The second-order valence-corrected chi connectivity index (χ2v) is 3.67. The number of nitrogens with zero attached hydrogens (tertiary/aromatic N) is 2. The first kappa shape index (κ1) is 10.7. The molecule has 2 aromatic rings. The normalized spacial score (nSPS) is 10.1. The van der Waals surface area contributed by atoms with Crippen molar-refractivity contribution in [2.75, 3.05) is 0 Å². The third kappa shape index (κ3) is 2.07. The summed E-state index contributed by atoms with van der Waals surface area (Å²) in [7, 11) is 0. The summed E-state index contributed by atoms with van der Waals surface area (Å²) >= 11 is 5.59. The second kappa shape index (κ2) is 4.38. The molecule has 0 aliphatic heterocycles. The van der Waals surface area contributed by atoms with Crippen LogP contribution in [0.15, 0.2) is 30.5 Å². The SMILES string of the molecule is C#Cc1ccnn1Cc1ccc(Cl)c(F)c1. The molecule has 0 N–H and O–H groups in total. The van der Waals surface area contributed by atoms with E-state index in [0.717, 1.165) is 5.56 Å². The predicted molar refractivity (Wildman–Crippen MR) is 60.7 cm³/mol. The van der Waals surface area contributed by atoms with Gasteiger partial charge in [0.1, 0.15) is 11.5 Å². The lowest BCUT2D eigenvalue weighted by Gasteiger charge is -2.04. The molecular weight excluding hydrogens is 227 g/mol. The van der Waals surface area contributed by atoms with E-state index < -0.39 is 5.82 Å². The van der Waals surface area contributed by atoms with E-state index in [9.17, 15) is 4.39 Å². The average molecular weight is 235 g/mol. The van der Waals surface area contributed by atoms with Crippen molar-refractivity contribution in [1.82, 2.24) is 9.78 Å². The van der Waals surface area contributed by atoms with Crippen molar-refractivity contribution < 1.29 is 4.39 Å². The molecule has 2 nitrogen and oxygen atoms in total. The predicted octanol–water partition coefficient (Wildman–Crippen LogP) is 2.71. The summed E-state index contributed by atoms with van der Waals surface area (Å²) < 4.78 is 14.8. The number of benzene rings is 1.